The topological polar surface area (TPSA) is 34.9 Å². The van der Waals surface area contributed by atoms with E-state index in [-0.39, 0.29) is 5.78 Å². The fourth-order valence-electron chi connectivity index (χ4n) is 2.51. The summed E-state index contributed by atoms with van der Waals surface area (Å²) in [6, 6.07) is 5.95. The van der Waals surface area contributed by atoms with Gasteiger partial charge in [0.05, 0.1) is 22.3 Å². The fourth-order valence-corrected chi connectivity index (χ4v) is 3.26. The maximum Gasteiger partial charge on any atom is 0.169 e. The highest BCUT2D eigenvalue weighted by atomic mass is 79.9. The second-order valence-corrected chi connectivity index (χ2v) is 5.84. The molecule has 0 radical (unpaired) electrons. The van der Waals surface area contributed by atoms with Gasteiger partial charge >= 0.3 is 0 Å². The summed E-state index contributed by atoms with van der Waals surface area (Å²) in [5.74, 6) is 0.145. The number of rotatable bonds is 4. The van der Waals surface area contributed by atoms with Gasteiger partial charge in [-0.3, -0.25) is 9.48 Å². The van der Waals surface area contributed by atoms with Crippen molar-refractivity contribution in [1.82, 2.24) is 9.78 Å². The van der Waals surface area contributed by atoms with Crippen LogP contribution < -0.4 is 0 Å². The second kappa shape index (κ2) is 5.92. The molecule has 0 atom stereocenters. The van der Waals surface area contributed by atoms with Crippen molar-refractivity contribution in [2.24, 2.45) is 7.05 Å². The van der Waals surface area contributed by atoms with Crippen molar-refractivity contribution in [3.8, 4) is 0 Å². The number of Topliss-reactive ketones (excluding diaryl/α,β-unsaturated/α-hetero) is 1. The Kier molecular flexibility index (Phi) is 4.43. The van der Waals surface area contributed by atoms with Crippen LogP contribution in [0, 0.1) is 13.8 Å². The van der Waals surface area contributed by atoms with Crippen LogP contribution in [0.1, 0.15) is 39.8 Å². The molecule has 0 amide bonds. The molecule has 20 heavy (non-hydrogen) atoms. The Hall–Kier alpha value is -1.42. The molecular weight excluding hydrogens is 316 g/mol. The molecule has 0 aliphatic heterocycles. The normalized spacial score (nSPS) is 10.8. The van der Waals surface area contributed by atoms with E-state index in [1.807, 2.05) is 39.1 Å². The number of aromatic nitrogens is 2. The molecule has 0 bridgehead atoms. The van der Waals surface area contributed by atoms with Gasteiger partial charge in [0.1, 0.15) is 0 Å². The zero-order valence-corrected chi connectivity index (χ0v) is 13.9. The Labute approximate surface area is 128 Å². The molecule has 0 fully saturated rings. The molecular formula is C16H19BrN2O. The Morgan fingerprint density at radius 1 is 1.30 bits per heavy atom. The molecule has 0 saturated heterocycles. The van der Waals surface area contributed by atoms with Gasteiger partial charge in [0.25, 0.3) is 0 Å². The van der Waals surface area contributed by atoms with E-state index < -0.39 is 0 Å². The van der Waals surface area contributed by atoms with Crippen LogP contribution in [0.2, 0.25) is 0 Å². The first kappa shape index (κ1) is 15.0. The third-order valence-corrected chi connectivity index (χ3v) is 4.51. The third kappa shape index (κ3) is 2.70. The van der Waals surface area contributed by atoms with Crippen molar-refractivity contribution >= 4 is 21.7 Å². The Bertz CT molecular complexity index is 638. The number of aryl methyl sites for hydroxylation is 4. The van der Waals surface area contributed by atoms with Gasteiger partial charge in [-0.05, 0) is 47.3 Å². The first-order valence-electron chi connectivity index (χ1n) is 6.75. The second-order valence-electron chi connectivity index (χ2n) is 5.05. The summed E-state index contributed by atoms with van der Waals surface area (Å²) >= 11 is 3.56. The lowest BCUT2D eigenvalue weighted by Gasteiger charge is -2.09. The van der Waals surface area contributed by atoms with Gasteiger partial charge in [0.15, 0.2) is 5.78 Å². The highest BCUT2D eigenvalue weighted by molar-refractivity contribution is 9.10. The van der Waals surface area contributed by atoms with Gasteiger partial charge in [-0.2, -0.15) is 5.10 Å². The molecule has 2 rings (SSSR count). The molecule has 0 aliphatic rings. The molecule has 0 saturated carbocycles. The highest BCUT2D eigenvalue weighted by Gasteiger charge is 2.18. The minimum Gasteiger partial charge on any atom is -0.294 e. The smallest absolute Gasteiger partial charge is 0.169 e. The van der Waals surface area contributed by atoms with Gasteiger partial charge in [-0.15, -0.1) is 0 Å². The standard InChI is InChI=1S/C16H19BrN2O/c1-5-12-16(17)13(19(4)18-12)9-14(20)15-10(2)7-6-8-11(15)3/h6-8H,5,9H2,1-4H3. The quantitative estimate of drug-likeness (QED) is 0.797. The van der Waals surface area contributed by atoms with Crippen molar-refractivity contribution in [2.45, 2.75) is 33.6 Å². The number of carbonyl (C=O) groups is 1. The summed E-state index contributed by atoms with van der Waals surface area (Å²) < 4.78 is 2.76. The van der Waals surface area contributed by atoms with Gasteiger partial charge in [-0.25, -0.2) is 0 Å². The zero-order chi connectivity index (χ0) is 14.9. The summed E-state index contributed by atoms with van der Waals surface area (Å²) in [4.78, 5) is 12.6. The molecule has 0 spiro atoms. The summed E-state index contributed by atoms with van der Waals surface area (Å²) in [5, 5.41) is 4.44. The number of nitrogens with zero attached hydrogens (tertiary/aromatic N) is 2. The monoisotopic (exact) mass is 334 g/mol. The number of carbonyl (C=O) groups excluding carboxylic acids is 1. The van der Waals surface area contributed by atoms with Gasteiger partial charge in [0.2, 0.25) is 0 Å². The lowest BCUT2D eigenvalue weighted by molar-refractivity contribution is 0.0989. The van der Waals surface area contributed by atoms with E-state index in [4.69, 9.17) is 0 Å². The van der Waals surface area contributed by atoms with E-state index in [1.54, 1.807) is 4.68 Å². The lowest BCUT2D eigenvalue weighted by atomic mass is 9.96. The number of halogens is 1. The molecule has 0 N–H and O–H groups in total. The van der Waals surface area contributed by atoms with Crippen LogP contribution in [0.25, 0.3) is 0 Å². The first-order chi connectivity index (χ1) is 9.45. The Morgan fingerprint density at radius 2 is 1.90 bits per heavy atom. The maximum atomic E-state index is 12.6. The molecule has 2 aromatic rings. The average molecular weight is 335 g/mol. The van der Waals surface area contributed by atoms with Crippen LogP contribution in [0.4, 0.5) is 0 Å². The van der Waals surface area contributed by atoms with E-state index in [0.29, 0.717) is 6.42 Å². The van der Waals surface area contributed by atoms with Crippen LogP contribution in [0.3, 0.4) is 0 Å². The molecule has 1 aromatic carbocycles. The minimum atomic E-state index is 0.145. The number of ketones is 1. The van der Waals surface area contributed by atoms with Crippen LogP contribution in [0.15, 0.2) is 22.7 Å². The van der Waals surface area contributed by atoms with Gasteiger partial charge in [-0.1, -0.05) is 25.1 Å². The van der Waals surface area contributed by atoms with E-state index >= 15 is 0 Å². The number of hydrogen-bond donors (Lipinski definition) is 0. The largest absolute Gasteiger partial charge is 0.294 e. The molecule has 1 heterocycles. The summed E-state index contributed by atoms with van der Waals surface area (Å²) in [6.07, 6.45) is 1.22. The summed E-state index contributed by atoms with van der Waals surface area (Å²) in [6.45, 7) is 6.02. The van der Waals surface area contributed by atoms with E-state index in [2.05, 4.69) is 28.0 Å². The molecule has 1 aromatic heterocycles. The minimum absolute atomic E-state index is 0.145. The van der Waals surface area contributed by atoms with Crippen molar-refractivity contribution in [2.75, 3.05) is 0 Å². The van der Waals surface area contributed by atoms with Crippen molar-refractivity contribution in [3.63, 3.8) is 0 Å². The van der Waals surface area contributed by atoms with Crippen molar-refractivity contribution in [1.29, 1.82) is 0 Å². The van der Waals surface area contributed by atoms with Gasteiger partial charge in [0, 0.05) is 12.6 Å². The number of benzene rings is 1. The van der Waals surface area contributed by atoms with Crippen LogP contribution in [0.5, 0.6) is 0 Å². The highest BCUT2D eigenvalue weighted by Crippen LogP contribution is 2.24. The molecule has 0 aliphatic carbocycles. The van der Waals surface area contributed by atoms with Crippen LogP contribution >= 0.6 is 15.9 Å². The summed E-state index contributed by atoms with van der Waals surface area (Å²) in [7, 11) is 1.89. The van der Waals surface area contributed by atoms with Crippen LogP contribution in [-0.4, -0.2) is 15.6 Å². The lowest BCUT2D eigenvalue weighted by Crippen LogP contribution is -2.11. The average Bonchev–Trinajstić information content (AvgIpc) is 2.66. The summed E-state index contributed by atoms with van der Waals surface area (Å²) in [5.41, 5.74) is 4.83. The fraction of sp³-hybridized carbons (Fsp3) is 0.375. The third-order valence-electron chi connectivity index (χ3n) is 3.59. The number of hydrogen-bond acceptors (Lipinski definition) is 2. The van der Waals surface area contributed by atoms with Crippen LogP contribution in [-0.2, 0) is 19.9 Å². The van der Waals surface area contributed by atoms with Gasteiger partial charge < -0.3 is 0 Å². The van der Waals surface area contributed by atoms with E-state index in [1.165, 1.54) is 0 Å². The first-order valence-corrected chi connectivity index (χ1v) is 7.54. The maximum absolute atomic E-state index is 12.6. The predicted molar refractivity (Wildman–Crippen MR) is 84.2 cm³/mol. The Balaban J connectivity index is 2.36. The van der Waals surface area contributed by atoms with E-state index in [0.717, 1.165) is 39.0 Å². The van der Waals surface area contributed by atoms with Crippen molar-refractivity contribution < 1.29 is 4.79 Å². The molecule has 0 unspecified atom stereocenters. The SMILES string of the molecule is CCc1nn(C)c(CC(=O)c2c(C)cccc2C)c1Br. The predicted octanol–water partition coefficient (Wildman–Crippen LogP) is 3.79. The van der Waals surface area contributed by atoms with Crippen molar-refractivity contribution in [3.05, 3.63) is 50.8 Å². The molecule has 3 nitrogen and oxygen atoms in total. The zero-order valence-electron chi connectivity index (χ0n) is 12.3. The Morgan fingerprint density at radius 3 is 2.40 bits per heavy atom. The molecule has 106 valence electrons. The molecule has 4 heteroatoms. The van der Waals surface area contributed by atoms with E-state index in [9.17, 15) is 4.79 Å².